The van der Waals surface area contributed by atoms with Gasteiger partial charge in [-0.25, -0.2) is 10.4 Å². The number of hydrazine groups is 1. The molecular formula is C25H30BrN3O6. The second-order valence-electron chi connectivity index (χ2n) is 7.96. The number of aliphatic imine (C=N–C) groups is 1. The Labute approximate surface area is 212 Å². The molecule has 5 N–H and O–H groups in total. The maximum atomic E-state index is 13.5. The molecule has 10 heteroatoms. The molecule has 0 bridgehead atoms. The molecule has 1 amide bonds. The third-order valence-electron chi connectivity index (χ3n) is 5.50. The maximum absolute atomic E-state index is 13.5. The molecule has 188 valence electrons. The molecule has 0 aromatic heterocycles. The fourth-order valence-corrected chi connectivity index (χ4v) is 4.12. The number of benzene rings is 2. The molecule has 3 rings (SSSR count). The molecule has 35 heavy (non-hydrogen) atoms. The second kappa shape index (κ2) is 12.8. The Hall–Kier alpha value is -2.76. The number of carbonyl (C=O) groups excluding carboxylic acids is 1. The van der Waals surface area contributed by atoms with Crippen molar-refractivity contribution in [1.82, 2.24) is 10.9 Å². The normalized spacial score (nSPS) is 19.2. The van der Waals surface area contributed by atoms with Crippen LogP contribution in [0.3, 0.4) is 0 Å². The first-order valence-electron chi connectivity index (χ1n) is 11.2. The van der Waals surface area contributed by atoms with Crippen molar-refractivity contribution in [3.8, 4) is 5.75 Å². The Balaban J connectivity index is 1.97. The van der Waals surface area contributed by atoms with Crippen LogP contribution in [-0.4, -0.2) is 65.1 Å². The molecule has 0 aliphatic carbocycles. The number of ether oxygens (including phenoxy) is 2. The topological polar surface area (TPSA) is 133 Å². The van der Waals surface area contributed by atoms with Gasteiger partial charge in [-0.15, -0.1) is 6.58 Å². The SMILES string of the molecule is C=CC[C@]1(C(=O)NNC(CO)CO)N=C(c2ccc(OCCCO)cc2)O[C@H]1c1ccccc1Br. The van der Waals surface area contributed by atoms with Gasteiger partial charge in [0, 0.05) is 35.0 Å². The molecule has 9 nitrogen and oxygen atoms in total. The molecule has 1 aliphatic rings. The smallest absolute Gasteiger partial charge is 0.266 e. The number of carbonyl (C=O) groups is 1. The summed E-state index contributed by atoms with van der Waals surface area (Å²) in [6.45, 7) is 3.55. The summed E-state index contributed by atoms with van der Waals surface area (Å²) >= 11 is 3.55. The standard InChI is InChI=1S/C25H30BrN3O6/c1-2-12-25(24(33)29-28-18(15-31)16-32)22(20-6-3-4-7-21(20)26)35-23(27-25)17-8-10-19(11-9-17)34-14-5-13-30/h2-4,6-11,18,22,28,30-32H,1,5,12-16H2,(H,29,33)/t22-,25-/m0/s1. The Kier molecular flexibility index (Phi) is 9.82. The highest BCUT2D eigenvalue weighted by Gasteiger charge is 2.53. The van der Waals surface area contributed by atoms with Crippen molar-refractivity contribution in [2.24, 2.45) is 4.99 Å². The lowest BCUT2D eigenvalue weighted by Gasteiger charge is -2.30. The monoisotopic (exact) mass is 547 g/mol. The number of halogens is 1. The lowest BCUT2D eigenvalue weighted by molar-refractivity contribution is -0.130. The van der Waals surface area contributed by atoms with Crippen molar-refractivity contribution in [3.05, 3.63) is 76.8 Å². The van der Waals surface area contributed by atoms with Crippen molar-refractivity contribution in [2.75, 3.05) is 26.4 Å². The van der Waals surface area contributed by atoms with Gasteiger partial charge in [-0.2, -0.15) is 0 Å². The number of aliphatic hydroxyl groups excluding tert-OH is 3. The summed E-state index contributed by atoms with van der Waals surface area (Å²) in [5, 5.41) is 27.6. The van der Waals surface area contributed by atoms with E-state index >= 15 is 0 Å². The van der Waals surface area contributed by atoms with Gasteiger partial charge in [-0.3, -0.25) is 10.2 Å². The van der Waals surface area contributed by atoms with Crippen LogP contribution in [0.15, 0.2) is 70.7 Å². The maximum Gasteiger partial charge on any atom is 0.266 e. The van der Waals surface area contributed by atoms with Crippen molar-refractivity contribution in [2.45, 2.75) is 30.5 Å². The zero-order valence-corrected chi connectivity index (χ0v) is 20.8. The first-order valence-corrected chi connectivity index (χ1v) is 12.0. The molecule has 0 saturated heterocycles. The Morgan fingerprint density at radius 2 is 1.91 bits per heavy atom. The number of amides is 1. The summed E-state index contributed by atoms with van der Waals surface area (Å²) in [4.78, 5) is 18.3. The van der Waals surface area contributed by atoms with E-state index in [9.17, 15) is 15.0 Å². The van der Waals surface area contributed by atoms with E-state index in [1.807, 2.05) is 24.3 Å². The van der Waals surface area contributed by atoms with Gasteiger partial charge in [-0.05, 0) is 30.3 Å². The van der Waals surface area contributed by atoms with Crippen LogP contribution in [-0.2, 0) is 9.53 Å². The van der Waals surface area contributed by atoms with Crippen LogP contribution in [0.5, 0.6) is 5.75 Å². The fraction of sp³-hybridized carbons (Fsp3) is 0.360. The highest BCUT2D eigenvalue weighted by molar-refractivity contribution is 9.10. The molecule has 0 spiro atoms. The predicted molar refractivity (Wildman–Crippen MR) is 135 cm³/mol. The van der Waals surface area contributed by atoms with Gasteiger partial charge in [0.25, 0.3) is 5.91 Å². The highest BCUT2D eigenvalue weighted by atomic mass is 79.9. The molecule has 2 atom stereocenters. The van der Waals surface area contributed by atoms with Gasteiger partial charge in [0.05, 0.1) is 25.9 Å². The van der Waals surface area contributed by atoms with Crippen LogP contribution in [0, 0.1) is 0 Å². The number of nitrogens with one attached hydrogen (secondary N) is 2. The summed E-state index contributed by atoms with van der Waals surface area (Å²) in [5.74, 6) is 0.427. The van der Waals surface area contributed by atoms with E-state index in [-0.39, 0.29) is 32.1 Å². The minimum absolute atomic E-state index is 0.0544. The number of nitrogens with zero attached hydrogens (tertiary/aromatic N) is 1. The van der Waals surface area contributed by atoms with Gasteiger partial charge in [-0.1, -0.05) is 40.2 Å². The third-order valence-corrected chi connectivity index (χ3v) is 6.23. The van der Waals surface area contributed by atoms with Crippen LogP contribution in [0.2, 0.25) is 0 Å². The molecule has 0 saturated carbocycles. The van der Waals surface area contributed by atoms with Gasteiger partial charge >= 0.3 is 0 Å². The number of hydrogen-bond acceptors (Lipinski definition) is 8. The van der Waals surface area contributed by atoms with E-state index in [1.165, 1.54) is 0 Å². The summed E-state index contributed by atoms with van der Waals surface area (Å²) in [6.07, 6.45) is 1.52. The summed E-state index contributed by atoms with van der Waals surface area (Å²) < 4.78 is 12.7. The van der Waals surface area contributed by atoms with Gasteiger partial charge < -0.3 is 24.8 Å². The van der Waals surface area contributed by atoms with E-state index in [2.05, 4.69) is 33.4 Å². The third kappa shape index (κ3) is 6.28. The largest absolute Gasteiger partial charge is 0.494 e. The van der Waals surface area contributed by atoms with Crippen LogP contribution in [0.25, 0.3) is 0 Å². The molecule has 1 aliphatic heterocycles. The molecule has 0 fully saturated rings. The number of hydrogen-bond donors (Lipinski definition) is 5. The molecule has 2 aromatic rings. The first kappa shape index (κ1) is 26.8. The molecule has 0 unspecified atom stereocenters. The average Bonchev–Trinajstić information content (AvgIpc) is 3.26. The average molecular weight is 548 g/mol. The molecule has 0 radical (unpaired) electrons. The van der Waals surface area contributed by atoms with Crippen LogP contribution in [0.1, 0.15) is 30.1 Å². The Bertz CT molecular complexity index is 1030. The number of aliphatic hydroxyl groups is 3. The van der Waals surface area contributed by atoms with Crippen molar-refractivity contribution in [1.29, 1.82) is 0 Å². The summed E-state index contributed by atoms with van der Waals surface area (Å²) in [6, 6.07) is 13.8. The Morgan fingerprint density at radius 3 is 2.54 bits per heavy atom. The minimum Gasteiger partial charge on any atom is -0.494 e. The van der Waals surface area contributed by atoms with E-state index < -0.39 is 23.6 Å². The van der Waals surface area contributed by atoms with Crippen LogP contribution in [0.4, 0.5) is 0 Å². The number of rotatable bonds is 13. The molecule has 2 aromatic carbocycles. The van der Waals surface area contributed by atoms with E-state index in [4.69, 9.17) is 19.6 Å². The molecular weight excluding hydrogens is 518 g/mol. The lowest BCUT2D eigenvalue weighted by Crippen LogP contribution is -2.56. The zero-order valence-electron chi connectivity index (χ0n) is 19.2. The Morgan fingerprint density at radius 1 is 1.20 bits per heavy atom. The summed E-state index contributed by atoms with van der Waals surface area (Å²) in [7, 11) is 0. The zero-order chi connectivity index (χ0) is 25.3. The van der Waals surface area contributed by atoms with Crippen molar-refractivity contribution in [3.63, 3.8) is 0 Å². The molecule has 1 heterocycles. The van der Waals surface area contributed by atoms with E-state index in [0.29, 0.717) is 24.3 Å². The summed E-state index contributed by atoms with van der Waals surface area (Å²) in [5.41, 5.74) is 5.21. The second-order valence-corrected chi connectivity index (χ2v) is 8.82. The lowest BCUT2D eigenvalue weighted by atomic mass is 9.84. The van der Waals surface area contributed by atoms with Crippen molar-refractivity contribution < 1.29 is 29.6 Å². The quantitative estimate of drug-likeness (QED) is 0.147. The van der Waals surface area contributed by atoms with Gasteiger partial charge in [0.1, 0.15) is 5.75 Å². The fourth-order valence-electron chi connectivity index (χ4n) is 3.62. The van der Waals surface area contributed by atoms with Gasteiger partial charge in [0.2, 0.25) is 5.90 Å². The predicted octanol–water partition coefficient (Wildman–Crippen LogP) is 2.02. The highest BCUT2D eigenvalue weighted by Crippen LogP contribution is 2.44. The first-order chi connectivity index (χ1) is 17.0. The van der Waals surface area contributed by atoms with Crippen molar-refractivity contribution >= 4 is 27.7 Å². The van der Waals surface area contributed by atoms with E-state index in [0.717, 1.165) is 10.0 Å². The minimum atomic E-state index is -1.40. The van der Waals surface area contributed by atoms with E-state index in [1.54, 1.807) is 30.3 Å². The van der Waals surface area contributed by atoms with Gasteiger partial charge in [0.15, 0.2) is 11.6 Å². The van der Waals surface area contributed by atoms with Crippen LogP contribution >= 0.6 is 15.9 Å². The van der Waals surface area contributed by atoms with Crippen LogP contribution < -0.4 is 15.6 Å².